The van der Waals surface area contributed by atoms with Gasteiger partial charge in [0.05, 0.1) is 6.61 Å². The van der Waals surface area contributed by atoms with Crippen LogP contribution >= 0.6 is 11.6 Å². The number of nitrogens with zero attached hydrogens (tertiary/aromatic N) is 2. The highest BCUT2D eigenvalue weighted by atomic mass is 35.5. The molecule has 2 rings (SSSR count). The van der Waals surface area contributed by atoms with Crippen molar-refractivity contribution in [2.75, 3.05) is 45.3 Å². The zero-order valence-corrected chi connectivity index (χ0v) is 19.1. The van der Waals surface area contributed by atoms with Crippen LogP contribution in [0.25, 0.3) is 0 Å². The van der Waals surface area contributed by atoms with Gasteiger partial charge in [0.1, 0.15) is 12.4 Å². The summed E-state index contributed by atoms with van der Waals surface area (Å²) in [4.78, 5) is 29.7. The molecule has 0 fully saturated rings. The molecular formula is C23H31ClN4O4. The highest BCUT2D eigenvalue weighted by Crippen LogP contribution is 2.22. The van der Waals surface area contributed by atoms with Crippen LogP contribution in [0.1, 0.15) is 36.0 Å². The molecule has 8 nitrogen and oxygen atoms in total. The molecule has 0 saturated heterocycles. The molecule has 0 aliphatic rings. The third kappa shape index (κ3) is 9.53. The summed E-state index contributed by atoms with van der Waals surface area (Å²) in [5.41, 5.74) is 6.59. The van der Waals surface area contributed by atoms with E-state index < -0.39 is 0 Å². The Hall–Kier alpha value is -2.84. The first-order valence-corrected chi connectivity index (χ1v) is 11.0. The monoisotopic (exact) mass is 462 g/mol. The highest BCUT2D eigenvalue weighted by Gasteiger charge is 2.17. The number of aromatic nitrogens is 1. The molecule has 2 aromatic rings. The summed E-state index contributed by atoms with van der Waals surface area (Å²) in [6.07, 6.45) is 6.08. The van der Waals surface area contributed by atoms with E-state index in [0.717, 1.165) is 18.5 Å². The number of nitrogens with one attached hydrogen (secondary N) is 1. The second-order valence-corrected chi connectivity index (χ2v) is 7.69. The Balaban J connectivity index is 1.93. The van der Waals surface area contributed by atoms with Crippen LogP contribution in [-0.2, 0) is 9.53 Å². The number of benzene rings is 1. The number of hydrogen-bond donors (Lipinski definition) is 2. The molecule has 9 heteroatoms. The molecule has 1 heterocycles. The molecule has 3 N–H and O–H groups in total. The van der Waals surface area contributed by atoms with E-state index in [4.69, 9.17) is 26.8 Å². The minimum Gasteiger partial charge on any atom is -0.492 e. The summed E-state index contributed by atoms with van der Waals surface area (Å²) in [5, 5.41) is 3.66. The van der Waals surface area contributed by atoms with Gasteiger partial charge in [0.15, 0.2) is 0 Å². The Labute approximate surface area is 194 Å². The van der Waals surface area contributed by atoms with E-state index >= 15 is 0 Å². The Kier molecular flexibility index (Phi) is 11.3. The number of halogens is 1. The van der Waals surface area contributed by atoms with Crippen molar-refractivity contribution in [2.24, 2.45) is 5.73 Å². The van der Waals surface area contributed by atoms with Gasteiger partial charge in [-0.2, -0.15) is 0 Å². The maximum Gasteiger partial charge on any atom is 0.254 e. The lowest BCUT2D eigenvalue weighted by molar-refractivity contribution is -0.118. The molecule has 0 bridgehead atoms. The number of methoxy groups -OCH3 is 1. The number of carbonyl (C=O) groups excluding carboxylic acids is 2. The van der Waals surface area contributed by atoms with Crippen molar-refractivity contribution in [1.82, 2.24) is 9.88 Å². The fourth-order valence-electron chi connectivity index (χ4n) is 3.08. The van der Waals surface area contributed by atoms with E-state index in [0.29, 0.717) is 62.0 Å². The first-order chi connectivity index (χ1) is 15.5. The molecule has 0 saturated carbocycles. The van der Waals surface area contributed by atoms with Crippen molar-refractivity contribution in [3.8, 4) is 5.75 Å². The summed E-state index contributed by atoms with van der Waals surface area (Å²) in [7, 11) is 1.60. The number of pyridine rings is 1. The summed E-state index contributed by atoms with van der Waals surface area (Å²) in [6.45, 7) is 2.44. The minimum absolute atomic E-state index is 0.140. The van der Waals surface area contributed by atoms with E-state index in [9.17, 15) is 9.59 Å². The van der Waals surface area contributed by atoms with Crippen molar-refractivity contribution < 1.29 is 19.1 Å². The second-order valence-electron chi connectivity index (χ2n) is 7.25. The average Bonchev–Trinajstić information content (AvgIpc) is 2.78. The number of nitrogens with two attached hydrogens (primary N) is 1. The van der Waals surface area contributed by atoms with Crippen molar-refractivity contribution in [2.45, 2.75) is 25.7 Å². The second kappa shape index (κ2) is 14.3. The Morgan fingerprint density at radius 3 is 2.59 bits per heavy atom. The van der Waals surface area contributed by atoms with Crippen LogP contribution in [-0.4, -0.2) is 61.7 Å². The number of hydrogen-bond acceptors (Lipinski definition) is 6. The molecular weight excluding hydrogens is 432 g/mol. The van der Waals surface area contributed by atoms with Gasteiger partial charge in [-0.3, -0.25) is 14.6 Å². The minimum atomic E-state index is -0.306. The van der Waals surface area contributed by atoms with Gasteiger partial charge >= 0.3 is 0 Å². The Morgan fingerprint density at radius 1 is 1.09 bits per heavy atom. The molecule has 0 aliphatic heterocycles. The first kappa shape index (κ1) is 25.4. The zero-order chi connectivity index (χ0) is 23.2. The lowest BCUT2D eigenvalue weighted by Crippen LogP contribution is -2.34. The number of anilines is 1. The zero-order valence-electron chi connectivity index (χ0n) is 18.4. The fraction of sp³-hybridized carbons (Fsp3) is 0.435. The summed E-state index contributed by atoms with van der Waals surface area (Å²) < 4.78 is 10.9. The van der Waals surface area contributed by atoms with Gasteiger partial charge in [-0.15, -0.1) is 0 Å². The average molecular weight is 463 g/mol. The molecule has 2 amide bonds. The summed E-state index contributed by atoms with van der Waals surface area (Å²) >= 11 is 6.25. The van der Waals surface area contributed by atoms with Crippen molar-refractivity contribution in [3.05, 3.63) is 53.3 Å². The highest BCUT2D eigenvalue weighted by molar-refractivity contribution is 6.31. The largest absolute Gasteiger partial charge is 0.492 e. The van der Waals surface area contributed by atoms with Gasteiger partial charge < -0.3 is 25.4 Å². The van der Waals surface area contributed by atoms with E-state index in [1.165, 1.54) is 0 Å². The van der Waals surface area contributed by atoms with E-state index in [-0.39, 0.29) is 11.8 Å². The lowest BCUT2D eigenvalue weighted by atomic mass is 10.1. The smallest absolute Gasteiger partial charge is 0.254 e. The molecule has 32 heavy (non-hydrogen) atoms. The predicted octanol–water partition coefficient (Wildman–Crippen LogP) is 3.36. The van der Waals surface area contributed by atoms with Crippen LogP contribution in [0, 0.1) is 0 Å². The van der Waals surface area contributed by atoms with Crippen LogP contribution in [0.15, 0.2) is 42.7 Å². The maximum absolute atomic E-state index is 13.1. The van der Waals surface area contributed by atoms with Crippen LogP contribution in [0.3, 0.4) is 0 Å². The van der Waals surface area contributed by atoms with Gasteiger partial charge in [-0.05, 0) is 43.2 Å². The predicted molar refractivity (Wildman–Crippen MR) is 125 cm³/mol. The first-order valence-electron chi connectivity index (χ1n) is 10.6. The van der Waals surface area contributed by atoms with Gasteiger partial charge in [0.2, 0.25) is 5.91 Å². The van der Waals surface area contributed by atoms with E-state index in [1.54, 1.807) is 42.6 Å². The maximum atomic E-state index is 13.1. The van der Waals surface area contributed by atoms with Crippen LogP contribution in [0.5, 0.6) is 5.75 Å². The molecule has 0 spiro atoms. The Morgan fingerprint density at radius 2 is 1.88 bits per heavy atom. The van der Waals surface area contributed by atoms with Crippen LogP contribution in [0.2, 0.25) is 5.02 Å². The van der Waals surface area contributed by atoms with E-state index in [2.05, 4.69) is 10.3 Å². The summed E-state index contributed by atoms with van der Waals surface area (Å²) in [5.74, 6) is 0.0875. The number of ether oxygens (including phenoxy) is 2. The topological polar surface area (TPSA) is 107 Å². The fourth-order valence-corrected chi connectivity index (χ4v) is 3.31. The van der Waals surface area contributed by atoms with Crippen LogP contribution in [0.4, 0.5) is 5.69 Å². The number of rotatable bonds is 15. The Bertz CT molecular complexity index is 851. The molecule has 174 valence electrons. The standard InChI is InChI=1S/C23H31ClN4O4/c1-31-14-12-28(11-4-2-3-5-22(25)29)23(30)18-15-19(24)17-21(16-18)32-13-10-27-20-6-8-26-9-7-20/h6-9,15-17H,2-5,10-14H2,1H3,(H2,25,29)(H,26,27). The van der Waals surface area contributed by atoms with E-state index in [1.807, 2.05) is 12.1 Å². The van der Waals surface area contributed by atoms with Gasteiger partial charge in [-0.1, -0.05) is 18.0 Å². The SMILES string of the molecule is COCCN(CCCCCC(N)=O)C(=O)c1cc(Cl)cc(OCCNc2ccncc2)c1. The number of unbranched alkanes of at least 4 members (excludes halogenated alkanes) is 2. The quantitative estimate of drug-likeness (QED) is 0.393. The molecule has 1 aromatic carbocycles. The molecule has 1 aromatic heterocycles. The summed E-state index contributed by atoms with van der Waals surface area (Å²) in [6, 6.07) is 8.78. The molecule has 0 unspecified atom stereocenters. The van der Waals surface area contributed by atoms with Crippen LogP contribution < -0.4 is 15.8 Å². The van der Waals surface area contributed by atoms with Gasteiger partial charge in [0.25, 0.3) is 5.91 Å². The lowest BCUT2D eigenvalue weighted by Gasteiger charge is -2.23. The number of carbonyl (C=O) groups is 2. The normalized spacial score (nSPS) is 10.6. The van der Waals surface area contributed by atoms with Gasteiger partial charge in [-0.25, -0.2) is 0 Å². The molecule has 0 atom stereocenters. The van der Waals surface area contributed by atoms with Crippen molar-refractivity contribution >= 4 is 29.1 Å². The third-order valence-electron chi connectivity index (χ3n) is 4.70. The molecule has 0 aliphatic carbocycles. The van der Waals surface area contributed by atoms with Gasteiger partial charge in [0, 0.05) is 61.8 Å². The number of primary amides is 1. The van der Waals surface area contributed by atoms with Crippen molar-refractivity contribution in [1.29, 1.82) is 0 Å². The van der Waals surface area contributed by atoms with Crippen molar-refractivity contribution in [3.63, 3.8) is 0 Å². The number of amides is 2. The third-order valence-corrected chi connectivity index (χ3v) is 4.92. The molecule has 0 radical (unpaired) electrons.